The van der Waals surface area contributed by atoms with Crippen LogP contribution >= 0.6 is 0 Å². The lowest BCUT2D eigenvalue weighted by atomic mass is 10.2. The first-order chi connectivity index (χ1) is 6.79. The summed E-state index contributed by atoms with van der Waals surface area (Å²) in [5, 5.41) is 15.3. The molecular formula is C9H7N5. The number of hydrogen-bond donors (Lipinski definition) is 1. The Hall–Kier alpha value is -2.22. The maximum atomic E-state index is 8.58. The van der Waals surface area contributed by atoms with E-state index in [0.717, 1.165) is 5.82 Å². The van der Waals surface area contributed by atoms with Crippen LogP contribution in [-0.4, -0.2) is 20.2 Å². The van der Waals surface area contributed by atoms with Crippen LogP contribution in [-0.2, 0) is 0 Å². The minimum Gasteiger partial charge on any atom is -0.263 e. The van der Waals surface area contributed by atoms with Gasteiger partial charge in [0.25, 0.3) is 0 Å². The molecule has 14 heavy (non-hydrogen) atoms. The zero-order valence-electron chi connectivity index (χ0n) is 7.52. The Morgan fingerprint density at radius 1 is 1.43 bits per heavy atom. The van der Waals surface area contributed by atoms with Crippen LogP contribution in [0.25, 0.3) is 11.5 Å². The number of nitriles is 1. The number of aromatic nitrogens is 4. The molecule has 0 aliphatic rings. The van der Waals surface area contributed by atoms with Crippen molar-refractivity contribution in [2.24, 2.45) is 0 Å². The van der Waals surface area contributed by atoms with Crippen molar-refractivity contribution in [3.05, 3.63) is 29.7 Å². The van der Waals surface area contributed by atoms with Crippen LogP contribution in [0.1, 0.15) is 11.4 Å². The molecule has 0 fully saturated rings. The van der Waals surface area contributed by atoms with Crippen molar-refractivity contribution in [1.82, 2.24) is 20.2 Å². The van der Waals surface area contributed by atoms with E-state index in [9.17, 15) is 0 Å². The summed E-state index contributed by atoms with van der Waals surface area (Å²) in [4.78, 5) is 8.19. The molecule has 0 spiro atoms. The minimum absolute atomic E-state index is 0.529. The average Bonchev–Trinajstić information content (AvgIpc) is 2.65. The Morgan fingerprint density at radius 2 is 2.29 bits per heavy atom. The lowest BCUT2D eigenvalue weighted by molar-refractivity contribution is 1.04. The molecule has 2 rings (SSSR count). The van der Waals surface area contributed by atoms with E-state index < -0.39 is 0 Å². The fourth-order valence-corrected chi connectivity index (χ4v) is 1.05. The van der Waals surface area contributed by atoms with Gasteiger partial charge in [-0.2, -0.15) is 10.4 Å². The SMILES string of the molecule is Cc1nc(-c2ccc(C#N)cn2)n[nH]1. The van der Waals surface area contributed by atoms with E-state index in [4.69, 9.17) is 5.26 Å². The van der Waals surface area contributed by atoms with Crippen molar-refractivity contribution in [1.29, 1.82) is 5.26 Å². The third kappa shape index (κ3) is 1.45. The molecule has 68 valence electrons. The second-order valence-electron chi connectivity index (χ2n) is 2.79. The smallest absolute Gasteiger partial charge is 0.199 e. The molecule has 0 unspecified atom stereocenters. The topological polar surface area (TPSA) is 78.2 Å². The molecule has 2 heterocycles. The highest BCUT2D eigenvalue weighted by molar-refractivity contribution is 5.49. The molecule has 5 nitrogen and oxygen atoms in total. The fourth-order valence-electron chi connectivity index (χ4n) is 1.05. The monoisotopic (exact) mass is 185 g/mol. The van der Waals surface area contributed by atoms with Crippen molar-refractivity contribution in [2.75, 3.05) is 0 Å². The number of H-pyrrole nitrogens is 1. The van der Waals surface area contributed by atoms with E-state index in [1.54, 1.807) is 12.1 Å². The molecule has 2 aromatic heterocycles. The Morgan fingerprint density at radius 3 is 2.79 bits per heavy atom. The number of aryl methyl sites for hydroxylation is 1. The number of aromatic amines is 1. The number of pyridine rings is 1. The van der Waals surface area contributed by atoms with Crippen molar-refractivity contribution in [2.45, 2.75) is 6.92 Å². The molecule has 0 radical (unpaired) electrons. The summed E-state index contributed by atoms with van der Waals surface area (Å²) in [6.07, 6.45) is 1.50. The predicted octanol–water partition coefficient (Wildman–Crippen LogP) is 1.05. The number of hydrogen-bond acceptors (Lipinski definition) is 4. The third-order valence-corrected chi connectivity index (χ3v) is 1.72. The molecule has 0 amide bonds. The lowest BCUT2D eigenvalue weighted by Crippen LogP contribution is -1.86. The molecule has 0 aliphatic heterocycles. The summed E-state index contributed by atoms with van der Waals surface area (Å²) >= 11 is 0. The van der Waals surface area contributed by atoms with Crippen LogP contribution in [0.3, 0.4) is 0 Å². The molecular weight excluding hydrogens is 178 g/mol. The van der Waals surface area contributed by atoms with Gasteiger partial charge in [-0.15, -0.1) is 0 Å². The van der Waals surface area contributed by atoms with Gasteiger partial charge in [0, 0.05) is 6.20 Å². The highest BCUT2D eigenvalue weighted by Gasteiger charge is 2.04. The molecule has 0 atom stereocenters. The van der Waals surface area contributed by atoms with Gasteiger partial charge in [-0.05, 0) is 19.1 Å². The van der Waals surface area contributed by atoms with Gasteiger partial charge in [0.05, 0.1) is 5.56 Å². The summed E-state index contributed by atoms with van der Waals surface area (Å²) in [5.74, 6) is 1.29. The first-order valence-corrected chi connectivity index (χ1v) is 4.05. The molecule has 0 bridgehead atoms. The summed E-state index contributed by atoms with van der Waals surface area (Å²) in [6, 6.07) is 5.41. The number of rotatable bonds is 1. The Labute approximate surface area is 80.4 Å². The maximum absolute atomic E-state index is 8.58. The summed E-state index contributed by atoms with van der Waals surface area (Å²) in [7, 11) is 0. The summed E-state index contributed by atoms with van der Waals surface area (Å²) < 4.78 is 0. The van der Waals surface area contributed by atoms with Gasteiger partial charge in [0.2, 0.25) is 0 Å². The van der Waals surface area contributed by atoms with E-state index >= 15 is 0 Å². The van der Waals surface area contributed by atoms with Gasteiger partial charge in [0.15, 0.2) is 5.82 Å². The Balaban J connectivity index is 2.39. The second kappa shape index (κ2) is 3.26. The van der Waals surface area contributed by atoms with Crippen molar-refractivity contribution < 1.29 is 0 Å². The fraction of sp³-hybridized carbons (Fsp3) is 0.111. The highest BCUT2D eigenvalue weighted by Crippen LogP contribution is 2.10. The predicted molar refractivity (Wildman–Crippen MR) is 49.1 cm³/mol. The van der Waals surface area contributed by atoms with Crippen LogP contribution in [0, 0.1) is 18.3 Å². The second-order valence-corrected chi connectivity index (χ2v) is 2.79. The van der Waals surface area contributed by atoms with Gasteiger partial charge < -0.3 is 0 Å². The van der Waals surface area contributed by atoms with E-state index in [2.05, 4.69) is 20.2 Å². The molecule has 5 heteroatoms. The molecule has 0 aromatic carbocycles. The maximum Gasteiger partial charge on any atom is 0.199 e. The standard InChI is InChI=1S/C9H7N5/c1-6-12-9(14-13-6)8-3-2-7(4-10)5-11-8/h2-3,5H,1H3,(H,12,13,14). The Bertz CT molecular complexity index is 477. The van der Waals surface area contributed by atoms with Gasteiger partial charge in [0.1, 0.15) is 17.6 Å². The van der Waals surface area contributed by atoms with Crippen LogP contribution in [0.15, 0.2) is 18.3 Å². The molecule has 1 N–H and O–H groups in total. The lowest BCUT2D eigenvalue weighted by Gasteiger charge is -1.92. The van der Waals surface area contributed by atoms with Crippen LogP contribution < -0.4 is 0 Å². The van der Waals surface area contributed by atoms with Crippen molar-refractivity contribution >= 4 is 0 Å². The largest absolute Gasteiger partial charge is 0.263 e. The molecule has 2 aromatic rings. The van der Waals surface area contributed by atoms with Crippen LogP contribution in [0.4, 0.5) is 0 Å². The van der Waals surface area contributed by atoms with Gasteiger partial charge in [-0.25, -0.2) is 4.98 Å². The quantitative estimate of drug-likeness (QED) is 0.720. The van der Waals surface area contributed by atoms with Crippen molar-refractivity contribution in [3.8, 4) is 17.6 Å². The first-order valence-electron chi connectivity index (χ1n) is 4.05. The average molecular weight is 185 g/mol. The molecule has 0 saturated carbocycles. The van der Waals surface area contributed by atoms with Crippen LogP contribution in [0.2, 0.25) is 0 Å². The van der Waals surface area contributed by atoms with Crippen molar-refractivity contribution in [3.63, 3.8) is 0 Å². The van der Waals surface area contributed by atoms with E-state index in [0.29, 0.717) is 17.1 Å². The van der Waals surface area contributed by atoms with Crippen LogP contribution in [0.5, 0.6) is 0 Å². The number of nitrogens with one attached hydrogen (secondary N) is 1. The highest BCUT2D eigenvalue weighted by atomic mass is 15.2. The van der Waals surface area contributed by atoms with Gasteiger partial charge in [-0.3, -0.25) is 10.1 Å². The zero-order valence-corrected chi connectivity index (χ0v) is 7.52. The molecule has 0 saturated heterocycles. The van der Waals surface area contributed by atoms with Gasteiger partial charge in [-0.1, -0.05) is 0 Å². The first kappa shape index (κ1) is 8.38. The normalized spacial score (nSPS) is 9.71. The van der Waals surface area contributed by atoms with E-state index in [1.165, 1.54) is 6.20 Å². The van der Waals surface area contributed by atoms with Gasteiger partial charge >= 0.3 is 0 Å². The zero-order chi connectivity index (χ0) is 9.97. The Kier molecular flexibility index (Phi) is 1.95. The number of nitrogens with zero attached hydrogens (tertiary/aromatic N) is 4. The van der Waals surface area contributed by atoms with E-state index in [1.807, 2.05) is 13.0 Å². The van der Waals surface area contributed by atoms with E-state index in [-0.39, 0.29) is 0 Å². The summed E-state index contributed by atoms with van der Waals surface area (Å²) in [6.45, 7) is 1.82. The molecule has 0 aliphatic carbocycles. The summed E-state index contributed by atoms with van der Waals surface area (Å²) in [5.41, 5.74) is 1.19. The third-order valence-electron chi connectivity index (χ3n) is 1.72. The minimum atomic E-state index is 0.529.